The highest BCUT2D eigenvalue weighted by Crippen LogP contribution is 2.59. The third-order valence-electron chi connectivity index (χ3n) is 7.27. The van der Waals surface area contributed by atoms with Gasteiger partial charge in [-0.25, -0.2) is 0 Å². The molecule has 2 bridgehead atoms. The lowest BCUT2D eigenvalue weighted by Gasteiger charge is -2.52. The van der Waals surface area contributed by atoms with E-state index in [0.717, 1.165) is 22.3 Å². The number of hydrogen-bond acceptors (Lipinski definition) is 6. The molecule has 2 atom stereocenters. The number of carbonyl (C=O) groups is 3. The number of imide groups is 1. The van der Waals surface area contributed by atoms with Gasteiger partial charge in [0.2, 0.25) is 5.91 Å². The Balaban J connectivity index is 1.40. The molecule has 36 heavy (non-hydrogen) atoms. The van der Waals surface area contributed by atoms with Crippen LogP contribution in [0.1, 0.15) is 34.1 Å². The molecule has 0 spiro atoms. The van der Waals surface area contributed by atoms with Gasteiger partial charge < -0.3 is 5.32 Å². The molecule has 1 aliphatic heterocycles. The van der Waals surface area contributed by atoms with Crippen LogP contribution < -0.4 is 10.7 Å². The summed E-state index contributed by atoms with van der Waals surface area (Å²) in [6, 6.07) is 26.5. The minimum Gasteiger partial charge on any atom is -0.349 e. The molecule has 7 nitrogen and oxygen atoms in total. The van der Waals surface area contributed by atoms with Crippen molar-refractivity contribution in [2.45, 2.75) is 11.8 Å². The van der Waals surface area contributed by atoms with Gasteiger partial charge in [0, 0.05) is 17.5 Å². The number of para-hydroxylation sites is 1. The summed E-state index contributed by atoms with van der Waals surface area (Å²) in [7, 11) is 0. The second-order valence-corrected chi connectivity index (χ2v) is 9.49. The van der Waals surface area contributed by atoms with Crippen LogP contribution in [0.3, 0.4) is 0 Å². The van der Waals surface area contributed by atoms with E-state index in [1.807, 2.05) is 60.7 Å². The number of hydrogen-bond donors (Lipinski definition) is 3. The molecule has 1 saturated heterocycles. The van der Waals surface area contributed by atoms with Crippen LogP contribution in [0.2, 0.25) is 0 Å². The van der Waals surface area contributed by atoms with E-state index in [-0.39, 0.29) is 22.4 Å². The zero-order valence-electron chi connectivity index (χ0n) is 18.9. The van der Waals surface area contributed by atoms with Gasteiger partial charge in [0.1, 0.15) is 11.6 Å². The van der Waals surface area contributed by atoms with Crippen molar-refractivity contribution < 1.29 is 14.4 Å². The van der Waals surface area contributed by atoms with E-state index in [1.165, 1.54) is 0 Å². The Morgan fingerprint density at radius 1 is 0.833 bits per heavy atom. The molecule has 176 valence electrons. The summed E-state index contributed by atoms with van der Waals surface area (Å²) < 4.78 is 0. The zero-order valence-corrected chi connectivity index (χ0v) is 19.8. The van der Waals surface area contributed by atoms with E-state index in [9.17, 15) is 19.6 Å². The first-order valence-electron chi connectivity index (χ1n) is 11.5. The molecule has 8 heteroatoms. The maximum atomic E-state index is 13.9. The van der Waals surface area contributed by atoms with Crippen molar-refractivity contribution in [1.29, 1.82) is 5.26 Å². The van der Waals surface area contributed by atoms with E-state index in [0.29, 0.717) is 10.7 Å². The number of carbonyl (C=O) groups excluding carboxylic acids is 3. The fourth-order valence-electron chi connectivity index (χ4n) is 5.86. The number of thiol groups is 1. The number of nitrogens with one attached hydrogen (secondary N) is 2. The molecule has 4 aliphatic rings. The normalized spacial score (nSPS) is 23.9. The van der Waals surface area contributed by atoms with Crippen LogP contribution in [0.15, 0.2) is 89.5 Å². The number of amides is 3. The van der Waals surface area contributed by atoms with Gasteiger partial charge in [-0.3, -0.25) is 19.8 Å². The van der Waals surface area contributed by atoms with Crippen LogP contribution in [0.25, 0.3) is 0 Å². The molecule has 3 aromatic carbocycles. The second-order valence-electron chi connectivity index (χ2n) is 9.05. The fourth-order valence-corrected chi connectivity index (χ4v) is 6.14. The van der Waals surface area contributed by atoms with Crippen molar-refractivity contribution in [3.8, 4) is 6.07 Å². The van der Waals surface area contributed by atoms with E-state index in [1.54, 1.807) is 24.3 Å². The van der Waals surface area contributed by atoms with Crippen molar-refractivity contribution >= 4 is 36.0 Å². The molecular weight excluding hydrogens is 472 g/mol. The molecule has 2 N–H and O–H groups in total. The summed E-state index contributed by atoms with van der Waals surface area (Å²) in [5, 5.41) is 13.3. The van der Waals surface area contributed by atoms with E-state index >= 15 is 0 Å². The number of nitriles is 1. The van der Waals surface area contributed by atoms with Crippen LogP contribution in [0, 0.1) is 23.2 Å². The Kier molecular flexibility index (Phi) is 5.16. The summed E-state index contributed by atoms with van der Waals surface area (Å²) in [4.78, 5) is 40.8. The highest BCUT2D eigenvalue weighted by molar-refractivity contribution is 7.84. The molecule has 3 aliphatic carbocycles. The molecule has 7 rings (SSSR count). The smallest absolute Gasteiger partial charge is 0.292 e. The first-order chi connectivity index (χ1) is 17.5. The maximum Gasteiger partial charge on any atom is 0.292 e. The lowest BCUT2D eigenvalue weighted by atomic mass is 9.53. The Morgan fingerprint density at radius 3 is 1.86 bits per heavy atom. The molecule has 1 heterocycles. The summed E-state index contributed by atoms with van der Waals surface area (Å²) >= 11 is 4.31. The second kappa shape index (κ2) is 8.40. The maximum absolute atomic E-state index is 13.9. The number of rotatable bonds is 3. The van der Waals surface area contributed by atoms with Crippen LogP contribution in [-0.2, 0) is 14.4 Å². The SMILES string of the molecule is N#C/C(C(=O)N1NC(=O)C2C3c4ccccc4C(c4ccccc43)C2C1=O)=C(\S)Nc1ccccc1. The van der Waals surface area contributed by atoms with Crippen LogP contribution in [0.4, 0.5) is 5.69 Å². The fraction of sp³-hybridized carbons (Fsp3) is 0.143. The van der Waals surface area contributed by atoms with Gasteiger partial charge in [0.05, 0.1) is 16.9 Å². The van der Waals surface area contributed by atoms with Crippen molar-refractivity contribution in [2.75, 3.05) is 5.32 Å². The molecule has 1 fully saturated rings. The quantitative estimate of drug-likeness (QED) is 0.294. The highest BCUT2D eigenvalue weighted by Gasteiger charge is 2.59. The van der Waals surface area contributed by atoms with Gasteiger partial charge in [-0.15, -0.1) is 12.6 Å². The number of anilines is 1. The van der Waals surface area contributed by atoms with Crippen molar-refractivity contribution in [3.05, 3.63) is 112 Å². The third-order valence-corrected chi connectivity index (χ3v) is 7.61. The highest BCUT2D eigenvalue weighted by atomic mass is 32.1. The summed E-state index contributed by atoms with van der Waals surface area (Å²) in [6.07, 6.45) is 0. The van der Waals surface area contributed by atoms with Gasteiger partial charge >= 0.3 is 0 Å². The molecular formula is C28H20N4O3S. The Labute approximate surface area is 212 Å². The Hall–Kier alpha value is -4.35. The van der Waals surface area contributed by atoms with Crippen LogP contribution in [-0.4, -0.2) is 22.7 Å². The van der Waals surface area contributed by atoms with E-state index in [2.05, 4.69) is 23.4 Å². The van der Waals surface area contributed by atoms with E-state index < -0.39 is 29.6 Å². The van der Waals surface area contributed by atoms with E-state index in [4.69, 9.17) is 0 Å². The lowest BCUT2D eigenvalue weighted by Crippen LogP contribution is -2.65. The molecule has 3 aromatic rings. The van der Waals surface area contributed by atoms with Gasteiger partial charge in [-0.2, -0.15) is 10.3 Å². The largest absolute Gasteiger partial charge is 0.349 e. The van der Waals surface area contributed by atoms with Gasteiger partial charge in [0.15, 0.2) is 0 Å². The van der Waals surface area contributed by atoms with Crippen molar-refractivity contribution in [3.63, 3.8) is 0 Å². The number of hydrazine groups is 1. The minimum atomic E-state index is -0.925. The number of benzene rings is 3. The van der Waals surface area contributed by atoms with Crippen molar-refractivity contribution in [1.82, 2.24) is 10.4 Å². The zero-order chi connectivity index (χ0) is 25.0. The van der Waals surface area contributed by atoms with Gasteiger partial charge in [-0.1, -0.05) is 66.7 Å². The lowest BCUT2D eigenvalue weighted by molar-refractivity contribution is -0.165. The van der Waals surface area contributed by atoms with Gasteiger partial charge in [-0.05, 0) is 34.4 Å². The standard InChI is InChI=1S/C28H20N4O3S/c29-14-20(26(36)30-15-8-2-1-3-9-15)27(34)32-28(35)24-22-18-12-6-4-10-16(18)21(23(24)25(33)31-32)17-11-5-7-13-19(17)22/h1-13,21-24,30,36H,(H,31,33)/b26-20+. The predicted molar refractivity (Wildman–Crippen MR) is 135 cm³/mol. The first-order valence-corrected chi connectivity index (χ1v) is 12.0. The Bertz CT molecular complexity index is 1460. The monoisotopic (exact) mass is 492 g/mol. The number of nitrogens with zero attached hydrogens (tertiary/aromatic N) is 2. The van der Waals surface area contributed by atoms with Gasteiger partial charge in [0.25, 0.3) is 11.8 Å². The van der Waals surface area contributed by atoms with Crippen LogP contribution >= 0.6 is 12.6 Å². The third kappa shape index (κ3) is 3.17. The molecule has 0 aromatic heterocycles. The van der Waals surface area contributed by atoms with Crippen LogP contribution in [0.5, 0.6) is 0 Å². The molecule has 3 amide bonds. The molecule has 0 radical (unpaired) electrons. The topological polar surface area (TPSA) is 102 Å². The average Bonchev–Trinajstić information content (AvgIpc) is 2.91. The Morgan fingerprint density at radius 2 is 1.33 bits per heavy atom. The average molecular weight is 493 g/mol. The van der Waals surface area contributed by atoms with Crippen molar-refractivity contribution in [2.24, 2.45) is 11.8 Å². The molecule has 0 saturated carbocycles. The summed E-state index contributed by atoms with van der Waals surface area (Å²) in [5.41, 5.74) is 6.79. The summed E-state index contributed by atoms with van der Waals surface area (Å²) in [5.74, 6) is -3.94. The first kappa shape index (κ1) is 22.1. The summed E-state index contributed by atoms with van der Waals surface area (Å²) in [6.45, 7) is 0. The minimum absolute atomic E-state index is 0.0151. The predicted octanol–water partition coefficient (Wildman–Crippen LogP) is 3.69. The molecule has 2 unspecified atom stereocenters.